The van der Waals surface area contributed by atoms with Crippen LogP contribution in [-0.2, 0) is 17.8 Å². The molecule has 1 aliphatic heterocycles. The van der Waals surface area contributed by atoms with Crippen LogP contribution in [0.4, 0.5) is 4.79 Å². The van der Waals surface area contributed by atoms with Crippen molar-refractivity contribution in [3.8, 4) is 0 Å². The molecule has 2 aromatic carbocycles. The maximum Gasteiger partial charge on any atom is 0.410 e. The standard InChI is InChI=1S/C31H43N3O4/c1-6-18-32(19-7-2)20-10-11-21-33(30(37)38-31(3,4)5)22-24-14-16-25(17-15-24)28(35)34-23-26-12-8-9-13-27(26)29(34)36/h8-9,12-17H,6-7,10-11,18-23H2,1-5H3. The van der Waals surface area contributed by atoms with E-state index < -0.39 is 5.60 Å². The van der Waals surface area contributed by atoms with Crippen molar-refractivity contribution in [1.82, 2.24) is 14.7 Å². The summed E-state index contributed by atoms with van der Waals surface area (Å²) >= 11 is 0. The molecule has 0 radical (unpaired) electrons. The molecular formula is C31H43N3O4. The van der Waals surface area contributed by atoms with Gasteiger partial charge in [-0.2, -0.15) is 0 Å². The van der Waals surface area contributed by atoms with E-state index in [-0.39, 0.29) is 24.5 Å². The van der Waals surface area contributed by atoms with Crippen LogP contribution in [0.3, 0.4) is 0 Å². The molecule has 0 aromatic heterocycles. The smallest absolute Gasteiger partial charge is 0.410 e. The van der Waals surface area contributed by atoms with Crippen LogP contribution < -0.4 is 0 Å². The number of nitrogens with zero attached hydrogens (tertiary/aromatic N) is 3. The van der Waals surface area contributed by atoms with E-state index in [2.05, 4.69) is 18.7 Å². The van der Waals surface area contributed by atoms with Crippen LogP contribution in [0.15, 0.2) is 48.5 Å². The topological polar surface area (TPSA) is 70.2 Å². The fraction of sp³-hybridized carbons (Fsp3) is 0.516. The number of hydrogen-bond donors (Lipinski definition) is 0. The lowest BCUT2D eigenvalue weighted by atomic mass is 10.1. The summed E-state index contributed by atoms with van der Waals surface area (Å²) in [5, 5.41) is 0. The monoisotopic (exact) mass is 521 g/mol. The lowest BCUT2D eigenvalue weighted by Crippen LogP contribution is -2.37. The van der Waals surface area contributed by atoms with Crippen molar-refractivity contribution in [2.24, 2.45) is 0 Å². The Labute approximate surface area is 227 Å². The number of hydrogen-bond acceptors (Lipinski definition) is 5. The van der Waals surface area contributed by atoms with E-state index in [1.54, 1.807) is 23.1 Å². The van der Waals surface area contributed by atoms with Gasteiger partial charge in [0.1, 0.15) is 5.60 Å². The summed E-state index contributed by atoms with van der Waals surface area (Å²) in [5.41, 5.74) is 2.22. The molecule has 0 unspecified atom stereocenters. The number of amides is 3. The molecule has 0 atom stereocenters. The van der Waals surface area contributed by atoms with Crippen LogP contribution >= 0.6 is 0 Å². The minimum Gasteiger partial charge on any atom is -0.444 e. The number of rotatable bonds is 12. The fourth-order valence-corrected chi connectivity index (χ4v) is 4.71. The molecule has 3 rings (SSSR count). The van der Waals surface area contributed by atoms with E-state index in [4.69, 9.17) is 4.74 Å². The number of fused-ring (bicyclic) bond motifs is 1. The van der Waals surface area contributed by atoms with Gasteiger partial charge in [0, 0.05) is 24.2 Å². The molecule has 0 N–H and O–H groups in total. The summed E-state index contributed by atoms with van der Waals surface area (Å²) in [4.78, 5) is 44.3. The number of imide groups is 1. The highest BCUT2D eigenvalue weighted by Gasteiger charge is 2.32. The van der Waals surface area contributed by atoms with E-state index in [9.17, 15) is 14.4 Å². The van der Waals surface area contributed by atoms with Gasteiger partial charge in [-0.15, -0.1) is 0 Å². The lowest BCUT2D eigenvalue weighted by Gasteiger charge is -2.28. The van der Waals surface area contributed by atoms with Gasteiger partial charge in [0.15, 0.2) is 0 Å². The largest absolute Gasteiger partial charge is 0.444 e. The highest BCUT2D eigenvalue weighted by molar-refractivity contribution is 6.12. The summed E-state index contributed by atoms with van der Waals surface area (Å²) in [7, 11) is 0. The Kier molecular flexibility index (Phi) is 10.5. The zero-order chi connectivity index (χ0) is 27.7. The van der Waals surface area contributed by atoms with E-state index >= 15 is 0 Å². The maximum absolute atomic E-state index is 13.1. The molecule has 7 nitrogen and oxygen atoms in total. The van der Waals surface area contributed by atoms with Crippen molar-refractivity contribution in [3.63, 3.8) is 0 Å². The molecule has 3 amide bonds. The van der Waals surface area contributed by atoms with Gasteiger partial charge < -0.3 is 14.5 Å². The minimum atomic E-state index is -0.579. The highest BCUT2D eigenvalue weighted by atomic mass is 16.6. The van der Waals surface area contributed by atoms with E-state index in [1.807, 2.05) is 51.1 Å². The molecule has 38 heavy (non-hydrogen) atoms. The van der Waals surface area contributed by atoms with Crippen molar-refractivity contribution >= 4 is 17.9 Å². The number of benzene rings is 2. The highest BCUT2D eigenvalue weighted by Crippen LogP contribution is 2.24. The second kappa shape index (κ2) is 13.6. The van der Waals surface area contributed by atoms with Crippen LogP contribution in [0.1, 0.15) is 92.1 Å². The van der Waals surface area contributed by atoms with Gasteiger partial charge in [-0.05, 0) is 95.4 Å². The summed E-state index contributed by atoms with van der Waals surface area (Å²) in [5.74, 6) is -0.576. The normalized spacial score (nSPS) is 13.1. The predicted octanol–water partition coefficient (Wildman–Crippen LogP) is 6.12. The minimum absolute atomic E-state index is 0.262. The van der Waals surface area contributed by atoms with Crippen LogP contribution in [0, 0.1) is 0 Å². The number of carbonyl (C=O) groups excluding carboxylic acids is 3. The molecule has 1 aliphatic rings. The zero-order valence-electron chi connectivity index (χ0n) is 23.7. The first-order valence-corrected chi connectivity index (χ1v) is 13.9. The number of ether oxygens (including phenoxy) is 1. The second-order valence-electron chi connectivity index (χ2n) is 11.0. The Morgan fingerprint density at radius 2 is 1.53 bits per heavy atom. The first kappa shape index (κ1) is 29.4. The van der Waals surface area contributed by atoms with Gasteiger partial charge in [0.2, 0.25) is 0 Å². The van der Waals surface area contributed by atoms with Crippen molar-refractivity contribution in [2.45, 2.75) is 79.0 Å². The SMILES string of the molecule is CCCN(CCC)CCCCN(Cc1ccc(C(=O)N2Cc3ccccc3C2=O)cc1)C(=O)OC(C)(C)C. The van der Waals surface area contributed by atoms with Gasteiger partial charge in [0.05, 0.1) is 6.54 Å². The van der Waals surface area contributed by atoms with Crippen LogP contribution in [0.2, 0.25) is 0 Å². The average Bonchev–Trinajstić information content (AvgIpc) is 3.21. The van der Waals surface area contributed by atoms with E-state index in [0.717, 1.165) is 56.4 Å². The summed E-state index contributed by atoms with van der Waals surface area (Å²) in [6.45, 7) is 14.5. The Morgan fingerprint density at radius 1 is 0.895 bits per heavy atom. The van der Waals surface area contributed by atoms with Crippen molar-refractivity contribution in [2.75, 3.05) is 26.2 Å². The molecule has 0 saturated carbocycles. The zero-order valence-corrected chi connectivity index (χ0v) is 23.7. The van der Waals surface area contributed by atoms with Crippen molar-refractivity contribution in [3.05, 3.63) is 70.8 Å². The third-order valence-corrected chi connectivity index (χ3v) is 6.52. The molecule has 0 saturated heterocycles. The molecule has 0 bridgehead atoms. The maximum atomic E-state index is 13.1. The first-order chi connectivity index (χ1) is 18.1. The van der Waals surface area contributed by atoms with Crippen molar-refractivity contribution < 1.29 is 19.1 Å². The fourth-order valence-electron chi connectivity index (χ4n) is 4.71. The third-order valence-electron chi connectivity index (χ3n) is 6.52. The average molecular weight is 522 g/mol. The summed E-state index contributed by atoms with van der Waals surface area (Å²) in [6, 6.07) is 14.5. The van der Waals surface area contributed by atoms with Gasteiger partial charge in [0.25, 0.3) is 11.8 Å². The van der Waals surface area contributed by atoms with Crippen molar-refractivity contribution in [1.29, 1.82) is 0 Å². The Morgan fingerprint density at radius 3 is 2.13 bits per heavy atom. The Hall–Kier alpha value is -3.19. The molecule has 0 spiro atoms. The quantitative estimate of drug-likeness (QED) is 0.249. The lowest BCUT2D eigenvalue weighted by molar-refractivity contribution is 0.0228. The number of unbranched alkanes of at least 4 members (excludes halogenated alkanes) is 1. The third kappa shape index (κ3) is 8.15. The van der Waals surface area contributed by atoms with Crippen LogP contribution in [-0.4, -0.2) is 64.4 Å². The molecule has 206 valence electrons. The molecular weight excluding hydrogens is 478 g/mol. The molecule has 2 aromatic rings. The molecule has 1 heterocycles. The van der Waals surface area contributed by atoms with E-state index in [0.29, 0.717) is 24.2 Å². The van der Waals surface area contributed by atoms with Gasteiger partial charge in [-0.1, -0.05) is 44.2 Å². The van der Waals surface area contributed by atoms with Gasteiger partial charge >= 0.3 is 6.09 Å². The molecule has 0 aliphatic carbocycles. The van der Waals surface area contributed by atoms with Gasteiger partial charge in [-0.3, -0.25) is 14.5 Å². The van der Waals surface area contributed by atoms with Crippen LogP contribution in [0.25, 0.3) is 0 Å². The van der Waals surface area contributed by atoms with Gasteiger partial charge in [-0.25, -0.2) is 4.79 Å². The summed E-state index contributed by atoms with van der Waals surface area (Å²) < 4.78 is 5.68. The Balaban J connectivity index is 1.62. The number of carbonyl (C=O) groups is 3. The van der Waals surface area contributed by atoms with E-state index in [1.165, 1.54) is 4.90 Å². The predicted molar refractivity (Wildman–Crippen MR) is 150 cm³/mol. The second-order valence-corrected chi connectivity index (χ2v) is 11.0. The van der Waals surface area contributed by atoms with Crippen LogP contribution in [0.5, 0.6) is 0 Å². The Bertz CT molecular complexity index is 1090. The molecule has 0 fully saturated rings. The first-order valence-electron chi connectivity index (χ1n) is 13.9. The molecule has 7 heteroatoms. The summed E-state index contributed by atoms with van der Waals surface area (Å²) in [6.07, 6.45) is 3.84.